The van der Waals surface area contributed by atoms with Gasteiger partial charge in [0.2, 0.25) is 0 Å². The largest absolute Gasteiger partial charge is 0.256 e. The van der Waals surface area contributed by atoms with Crippen molar-refractivity contribution in [3.05, 3.63) is 77.5 Å². The van der Waals surface area contributed by atoms with Gasteiger partial charge < -0.3 is 0 Å². The molecule has 104 valence electrons. The van der Waals surface area contributed by atoms with E-state index in [9.17, 15) is 0 Å². The van der Waals surface area contributed by atoms with Crippen LogP contribution >= 0.6 is 0 Å². The molecule has 0 amide bonds. The van der Waals surface area contributed by atoms with Gasteiger partial charge in [-0.3, -0.25) is 4.98 Å². The third-order valence-electron chi connectivity index (χ3n) is 3.62. The molecule has 0 atom stereocenters. The molecule has 3 rings (SSSR count). The molecule has 3 aromatic rings. The van der Waals surface area contributed by atoms with E-state index in [0.717, 1.165) is 11.3 Å². The van der Waals surface area contributed by atoms with Gasteiger partial charge in [0.15, 0.2) is 0 Å². The zero-order valence-electron chi connectivity index (χ0n) is 12.7. The van der Waals surface area contributed by atoms with E-state index in [1.54, 1.807) is 0 Å². The second kappa shape index (κ2) is 5.53. The van der Waals surface area contributed by atoms with Crippen molar-refractivity contribution in [2.45, 2.75) is 20.8 Å². The van der Waals surface area contributed by atoms with Crippen molar-refractivity contribution in [1.82, 2.24) is 4.98 Å². The summed E-state index contributed by atoms with van der Waals surface area (Å²) in [5.74, 6) is 0. The van der Waals surface area contributed by atoms with Gasteiger partial charge in [0.25, 0.3) is 0 Å². The highest BCUT2D eigenvalue weighted by atomic mass is 14.7. The standard InChI is InChI=1S/C20H19N/c1-14-7-8-20(21-13-14)18-6-4-5-17(12-18)19-10-15(2)9-16(3)11-19/h4-13H,1-3H3. The summed E-state index contributed by atoms with van der Waals surface area (Å²) in [5, 5.41) is 0. The average molecular weight is 273 g/mol. The van der Waals surface area contributed by atoms with Crippen molar-refractivity contribution >= 4 is 0 Å². The number of nitrogens with zero attached hydrogens (tertiary/aromatic N) is 1. The van der Waals surface area contributed by atoms with Gasteiger partial charge in [0.1, 0.15) is 0 Å². The summed E-state index contributed by atoms with van der Waals surface area (Å²) in [6.07, 6.45) is 1.92. The fraction of sp³-hybridized carbons (Fsp3) is 0.150. The smallest absolute Gasteiger partial charge is 0.0702 e. The predicted octanol–water partition coefficient (Wildman–Crippen LogP) is 5.34. The number of rotatable bonds is 2. The molecule has 0 saturated carbocycles. The summed E-state index contributed by atoms with van der Waals surface area (Å²) < 4.78 is 0. The van der Waals surface area contributed by atoms with E-state index in [4.69, 9.17) is 0 Å². The number of benzene rings is 2. The molecule has 1 heterocycles. The quantitative estimate of drug-likeness (QED) is 0.614. The van der Waals surface area contributed by atoms with E-state index in [0.29, 0.717) is 0 Å². The molecule has 0 aliphatic carbocycles. The van der Waals surface area contributed by atoms with Crippen molar-refractivity contribution in [3.8, 4) is 22.4 Å². The fourth-order valence-electron chi connectivity index (χ4n) is 2.64. The van der Waals surface area contributed by atoms with Crippen LogP contribution in [0.1, 0.15) is 16.7 Å². The van der Waals surface area contributed by atoms with Gasteiger partial charge in [-0.1, -0.05) is 53.6 Å². The van der Waals surface area contributed by atoms with Crippen LogP contribution < -0.4 is 0 Å². The van der Waals surface area contributed by atoms with Crippen LogP contribution in [0.15, 0.2) is 60.8 Å². The highest BCUT2D eigenvalue weighted by Gasteiger charge is 2.03. The maximum atomic E-state index is 4.52. The lowest BCUT2D eigenvalue weighted by molar-refractivity contribution is 1.27. The number of hydrogen-bond donors (Lipinski definition) is 0. The van der Waals surface area contributed by atoms with Crippen LogP contribution in [0.4, 0.5) is 0 Å². The Labute approximate surface area is 126 Å². The Balaban J connectivity index is 2.05. The van der Waals surface area contributed by atoms with Gasteiger partial charge in [-0.05, 0) is 49.6 Å². The topological polar surface area (TPSA) is 12.9 Å². The Morgan fingerprint density at radius 1 is 0.619 bits per heavy atom. The molecule has 1 aromatic heterocycles. The number of aryl methyl sites for hydroxylation is 3. The first-order chi connectivity index (χ1) is 10.1. The highest BCUT2D eigenvalue weighted by Crippen LogP contribution is 2.26. The summed E-state index contributed by atoms with van der Waals surface area (Å²) in [5.41, 5.74) is 8.46. The van der Waals surface area contributed by atoms with E-state index in [2.05, 4.69) is 80.4 Å². The molecule has 0 unspecified atom stereocenters. The molecule has 0 bridgehead atoms. The Morgan fingerprint density at radius 2 is 1.33 bits per heavy atom. The maximum absolute atomic E-state index is 4.52. The molecular weight excluding hydrogens is 254 g/mol. The molecule has 1 nitrogen and oxygen atoms in total. The minimum absolute atomic E-state index is 1.02. The second-order valence-corrected chi connectivity index (χ2v) is 5.68. The SMILES string of the molecule is Cc1ccc(-c2cccc(-c3cc(C)cc(C)c3)c2)nc1. The summed E-state index contributed by atoms with van der Waals surface area (Å²) in [6.45, 7) is 6.34. The molecular formula is C20H19N. The number of hydrogen-bond acceptors (Lipinski definition) is 1. The van der Waals surface area contributed by atoms with Crippen molar-refractivity contribution in [2.75, 3.05) is 0 Å². The van der Waals surface area contributed by atoms with E-state index in [1.165, 1.54) is 27.8 Å². The van der Waals surface area contributed by atoms with Crippen LogP contribution in [0.25, 0.3) is 22.4 Å². The zero-order chi connectivity index (χ0) is 14.8. The number of pyridine rings is 1. The fourth-order valence-corrected chi connectivity index (χ4v) is 2.64. The van der Waals surface area contributed by atoms with Crippen LogP contribution in [-0.2, 0) is 0 Å². The lowest BCUT2D eigenvalue weighted by Gasteiger charge is -2.08. The summed E-state index contributed by atoms with van der Waals surface area (Å²) >= 11 is 0. The molecule has 0 radical (unpaired) electrons. The van der Waals surface area contributed by atoms with E-state index < -0.39 is 0 Å². The van der Waals surface area contributed by atoms with E-state index >= 15 is 0 Å². The van der Waals surface area contributed by atoms with Crippen molar-refractivity contribution in [2.24, 2.45) is 0 Å². The van der Waals surface area contributed by atoms with Crippen LogP contribution in [0.3, 0.4) is 0 Å². The molecule has 2 aromatic carbocycles. The summed E-state index contributed by atoms with van der Waals surface area (Å²) in [6, 6.07) is 19.4. The van der Waals surface area contributed by atoms with Gasteiger partial charge in [-0.15, -0.1) is 0 Å². The van der Waals surface area contributed by atoms with Gasteiger partial charge in [0.05, 0.1) is 5.69 Å². The highest BCUT2D eigenvalue weighted by molar-refractivity contribution is 5.72. The first-order valence-corrected chi connectivity index (χ1v) is 7.23. The predicted molar refractivity (Wildman–Crippen MR) is 89.3 cm³/mol. The van der Waals surface area contributed by atoms with Gasteiger partial charge >= 0.3 is 0 Å². The van der Waals surface area contributed by atoms with Gasteiger partial charge in [-0.25, -0.2) is 0 Å². The Kier molecular flexibility index (Phi) is 3.57. The van der Waals surface area contributed by atoms with E-state index in [-0.39, 0.29) is 0 Å². The van der Waals surface area contributed by atoms with Crippen molar-refractivity contribution < 1.29 is 0 Å². The minimum Gasteiger partial charge on any atom is -0.256 e. The Hall–Kier alpha value is -2.41. The summed E-state index contributed by atoms with van der Waals surface area (Å²) in [7, 11) is 0. The Bertz CT molecular complexity index is 750. The molecule has 0 spiro atoms. The van der Waals surface area contributed by atoms with Gasteiger partial charge in [-0.2, -0.15) is 0 Å². The first kappa shape index (κ1) is 13.6. The van der Waals surface area contributed by atoms with Gasteiger partial charge in [0, 0.05) is 11.8 Å². The van der Waals surface area contributed by atoms with Crippen LogP contribution in [0.2, 0.25) is 0 Å². The third-order valence-corrected chi connectivity index (χ3v) is 3.62. The average Bonchev–Trinajstić information content (AvgIpc) is 2.47. The maximum Gasteiger partial charge on any atom is 0.0702 e. The third kappa shape index (κ3) is 3.03. The van der Waals surface area contributed by atoms with Crippen molar-refractivity contribution in [3.63, 3.8) is 0 Å². The molecule has 0 aliphatic heterocycles. The minimum atomic E-state index is 1.02. The monoisotopic (exact) mass is 273 g/mol. The molecule has 0 aliphatic rings. The van der Waals surface area contributed by atoms with Crippen LogP contribution in [0, 0.1) is 20.8 Å². The van der Waals surface area contributed by atoms with Crippen LogP contribution in [0.5, 0.6) is 0 Å². The second-order valence-electron chi connectivity index (χ2n) is 5.68. The molecule has 0 N–H and O–H groups in total. The number of aromatic nitrogens is 1. The zero-order valence-corrected chi connectivity index (χ0v) is 12.7. The molecule has 21 heavy (non-hydrogen) atoms. The molecule has 0 fully saturated rings. The first-order valence-electron chi connectivity index (χ1n) is 7.23. The Morgan fingerprint density at radius 3 is 2.00 bits per heavy atom. The van der Waals surface area contributed by atoms with Crippen molar-refractivity contribution in [1.29, 1.82) is 0 Å². The normalized spacial score (nSPS) is 10.6. The lowest BCUT2D eigenvalue weighted by atomic mass is 9.98. The molecule has 0 saturated heterocycles. The lowest BCUT2D eigenvalue weighted by Crippen LogP contribution is -1.86. The summed E-state index contributed by atoms with van der Waals surface area (Å²) in [4.78, 5) is 4.52. The van der Waals surface area contributed by atoms with Crippen LogP contribution in [-0.4, -0.2) is 4.98 Å². The van der Waals surface area contributed by atoms with E-state index in [1.807, 2.05) is 6.20 Å². The molecule has 1 heteroatoms.